The van der Waals surface area contributed by atoms with Crippen LogP contribution in [-0.4, -0.2) is 50.0 Å². The van der Waals surface area contributed by atoms with Crippen LogP contribution in [0.25, 0.3) is 0 Å². The summed E-state index contributed by atoms with van der Waals surface area (Å²) in [4.78, 5) is 23.9. The number of carbonyl (C=O) groups excluding carboxylic acids is 1. The summed E-state index contributed by atoms with van der Waals surface area (Å²) in [5.74, 6) is -1.23. The van der Waals surface area contributed by atoms with Gasteiger partial charge in [0.05, 0.1) is 38.3 Å². The maximum absolute atomic E-state index is 12.5. The van der Waals surface area contributed by atoms with Crippen LogP contribution in [0.3, 0.4) is 0 Å². The molecule has 2 saturated heterocycles. The van der Waals surface area contributed by atoms with Crippen molar-refractivity contribution in [1.29, 1.82) is 0 Å². The number of methoxy groups -OCH3 is 2. The van der Waals surface area contributed by atoms with E-state index in [2.05, 4.69) is 5.32 Å². The van der Waals surface area contributed by atoms with Gasteiger partial charge in [-0.2, -0.15) is 0 Å². The standard InChI is InChI=1S/C18H23NO6/c1-23-11-4-3-10(9-14(11)24-2)7-8-19-17(20)15-12-5-6-13(25-12)16(15)18(21)22/h3-4,9,12-13,15-16H,5-8H2,1-2H3,(H,19,20)(H,21,22)/t12-,13-,15+,16+/m1/s1. The molecule has 0 aromatic heterocycles. The summed E-state index contributed by atoms with van der Waals surface area (Å²) in [6.45, 7) is 0.425. The van der Waals surface area contributed by atoms with Gasteiger partial charge in [-0.05, 0) is 37.0 Å². The molecular weight excluding hydrogens is 326 g/mol. The molecule has 4 atom stereocenters. The maximum atomic E-state index is 12.5. The topological polar surface area (TPSA) is 94.1 Å². The van der Waals surface area contributed by atoms with Gasteiger partial charge < -0.3 is 24.6 Å². The van der Waals surface area contributed by atoms with Gasteiger partial charge in [0.1, 0.15) is 0 Å². The zero-order valence-electron chi connectivity index (χ0n) is 14.4. The predicted octanol–water partition coefficient (Wildman–Crippen LogP) is 1.24. The molecule has 2 aliphatic rings. The van der Waals surface area contributed by atoms with Crippen molar-refractivity contribution < 1.29 is 28.9 Å². The summed E-state index contributed by atoms with van der Waals surface area (Å²) in [6, 6.07) is 5.60. The third kappa shape index (κ3) is 3.42. The quantitative estimate of drug-likeness (QED) is 0.769. The second kappa shape index (κ2) is 7.31. The molecule has 25 heavy (non-hydrogen) atoms. The van der Waals surface area contributed by atoms with Crippen molar-refractivity contribution in [2.75, 3.05) is 20.8 Å². The minimum atomic E-state index is -0.952. The molecule has 2 heterocycles. The smallest absolute Gasteiger partial charge is 0.310 e. The van der Waals surface area contributed by atoms with E-state index in [4.69, 9.17) is 14.2 Å². The second-order valence-corrected chi connectivity index (χ2v) is 6.41. The maximum Gasteiger partial charge on any atom is 0.310 e. The Bertz CT molecular complexity index is 661. The van der Waals surface area contributed by atoms with Crippen molar-refractivity contribution in [1.82, 2.24) is 5.32 Å². The van der Waals surface area contributed by atoms with Gasteiger partial charge in [0.2, 0.25) is 5.91 Å². The van der Waals surface area contributed by atoms with E-state index in [1.54, 1.807) is 14.2 Å². The predicted molar refractivity (Wildman–Crippen MR) is 88.8 cm³/mol. The molecule has 2 bridgehead atoms. The molecule has 1 aromatic rings. The van der Waals surface area contributed by atoms with Gasteiger partial charge >= 0.3 is 5.97 Å². The molecule has 0 aliphatic carbocycles. The first-order chi connectivity index (χ1) is 12.0. The van der Waals surface area contributed by atoms with E-state index in [0.717, 1.165) is 18.4 Å². The number of ether oxygens (including phenoxy) is 3. The summed E-state index contributed by atoms with van der Waals surface area (Å²) in [7, 11) is 3.15. The molecule has 136 valence electrons. The fraction of sp³-hybridized carbons (Fsp3) is 0.556. The minimum absolute atomic E-state index is 0.236. The average Bonchev–Trinajstić information content (AvgIpc) is 3.22. The number of aliphatic carboxylic acids is 1. The van der Waals surface area contributed by atoms with E-state index >= 15 is 0 Å². The molecule has 2 aliphatic heterocycles. The largest absolute Gasteiger partial charge is 0.493 e. The monoisotopic (exact) mass is 349 g/mol. The van der Waals surface area contributed by atoms with Gasteiger partial charge in [-0.25, -0.2) is 0 Å². The molecule has 0 unspecified atom stereocenters. The van der Waals surface area contributed by atoms with Gasteiger partial charge in [-0.15, -0.1) is 0 Å². The van der Waals surface area contributed by atoms with Crippen LogP contribution in [-0.2, 0) is 20.7 Å². The normalized spacial score (nSPS) is 27.1. The highest BCUT2D eigenvalue weighted by atomic mass is 16.5. The molecule has 0 spiro atoms. The fourth-order valence-corrected chi connectivity index (χ4v) is 3.81. The molecule has 7 heteroatoms. The molecule has 0 radical (unpaired) electrons. The number of carbonyl (C=O) groups is 2. The van der Waals surface area contributed by atoms with Crippen molar-refractivity contribution in [3.63, 3.8) is 0 Å². The number of amides is 1. The average molecular weight is 349 g/mol. The lowest BCUT2D eigenvalue weighted by Crippen LogP contribution is -2.44. The third-order valence-electron chi connectivity index (χ3n) is 5.02. The number of carboxylic acid groups (broad SMARTS) is 1. The number of hydrogen-bond acceptors (Lipinski definition) is 5. The summed E-state index contributed by atoms with van der Waals surface area (Å²) in [5.41, 5.74) is 0.997. The van der Waals surface area contributed by atoms with Crippen LogP contribution in [0.4, 0.5) is 0 Å². The summed E-state index contributed by atoms with van der Waals surface area (Å²) < 4.78 is 16.1. The lowest BCUT2D eigenvalue weighted by molar-refractivity contribution is -0.147. The molecular formula is C18H23NO6. The van der Waals surface area contributed by atoms with Gasteiger partial charge in [0.25, 0.3) is 0 Å². The molecule has 1 amide bonds. The Kier molecular flexibility index (Phi) is 5.13. The summed E-state index contributed by atoms with van der Waals surface area (Å²) in [6.07, 6.45) is 1.49. The number of fused-ring (bicyclic) bond motifs is 2. The van der Waals surface area contributed by atoms with E-state index in [0.29, 0.717) is 24.5 Å². The van der Waals surface area contributed by atoms with Crippen LogP contribution in [0.15, 0.2) is 18.2 Å². The first-order valence-corrected chi connectivity index (χ1v) is 8.42. The van der Waals surface area contributed by atoms with Crippen LogP contribution in [0, 0.1) is 11.8 Å². The molecule has 2 N–H and O–H groups in total. The molecule has 3 rings (SSSR count). The number of nitrogens with one attached hydrogen (secondary N) is 1. The van der Waals surface area contributed by atoms with Crippen LogP contribution < -0.4 is 14.8 Å². The number of benzene rings is 1. The zero-order valence-corrected chi connectivity index (χ0v) is 14.4. The first-order valence-electron chi connectivity index (χ1n) is 8.42. The van der Waals surface area contributed by atoms with Crippen molar-refractivity contribution in [2.45, 2.75) is 31.5 Å². The Morgan fingerprint density at radius 1 is 1.16 bits per heavy atom. The summed E-state index contributed by atoms with van der Waals surface area (Å²) >= 11 is 0. The van der Waals surface area contributed by atoms with E-state index in [1.165, 1.54) is 0 Å². The SMILES string of the molecule is COc1ccc(CCNC(=O)[C@@H]2[C@@H](C(=O)O)[C@H]3CC[C@H]2O3)cc1OC. The highest BCUT2D eigenvalue weighted by Crippen LogP contribution is 2.43. The fourth-order valence-electron chi connectivity index (χ4n) is 3.81. The lowest BCUT2D eigenvalue weighted by Gasteiger charge is -2.23. The molecule has 1 aromatic carbocycles. The van der Waals surface area contributed by atoms with Crippen LogP contribution >= 0.6 is 0 Å². The van der Waals surface area contributed by atoms with E-state index < -0.39 is 17.8 Å². The van der Waals surface area contributed by atoms with Crippen molar-refractivity contribution >= 4 is 11.9 Å². The van der Waals surface area contributed by atoms with Gasteiger partial charge in [0.15, 0.2) is 11.5 Å². The molecule has 0 saturated carbocycles. The Morgan fingerprint density at radius 2 is 1.84 bits per heavy atom. The van der Waals surface area contributed by atoms with Crippen molar-refractivity contribution in [3.05, 3.63) is 23.8 Å². The van der Waals surface area contributed by atoms with Gasteiger partial charge in [0, 0.05) is 6.54 Å². The Morgan fingerprint density at radius 3 is 2.48 bits per heavy atom. The summed E-state index contributed by atoms with van der Waals surface area (Å²) in [5, 5.41) is 12.2. The number of rotatable bonds is 7. The highest BCUT2D eigenvalue weighted by molar-refractivity contribution is 5.86. The molecule has 7 nitrogen and oxygen atoms in total. The molecule has 2 fully saturated rings. The van der Waals surface area contributed by atoms with Gasteiger partial charge in [-0.3, -0.25) is 9.59 Å². The minimum Gasteiger partial charge on any atom is -0.493 e. The zero-order chi connectivity index (χ0) is 18.0. The second-order valence-electron chi connectivity index (χ2n) is 6.41. The Hall–Kier alpha value is -2.28. The highest BCUT2D eigenvalue weighted by Gasteiger charge is 2.55. The van der Waals surface area contributed by atoms with Crippen molar-refractivity contribution in [3.8, 4) is 11.5 Å². The number of hydrogen-bond donors (Lipinski definition) is 2. The van der Waals surface area contributed by atoms with E-state index in [1.807, 2.05) is 18.2 Å². The van der Waals surface area contributed by atoms with Gasteiger partial charge in [-0.1, -0.05) is 6.07 Å². The third-order valence-corrected chi connectivity index (χ3v) is 5.02. The van der Waals surface area contributed by atoms with Crippen LogP contribution in [0.5, 0.6) is 11.5 Å². The Labute approximate surface area is 146 Å². The van der Waals surface area contributed by atoms with Crippen LogP contribution in [0.2, 0.25) is 0 Å². The Balaban J connectivity index is 1.57. The first kappa shape index (κ1) is 17.5. The lowest BCUT2D eigenvalue weighted by atomic mass is 9.78. The number of carboxylic acids is 1. The van der Waals surface area contributed by atoms with E-state index in [-0.39, 0.29) is 18.1 Å². The van der Waals surface area contributed by atoms with Crippen molar-refractivity contribution in [2.24, 2.45) is 11.8 Å². The van der Waals surface area contributed by atoms with Crippen LogP contribution in [0.1, 0.15) is 18.4 Å². The van der Waals surface area contributed by atoms with E-state index in [9.17, 15) is 14.7 Å².